The molecule has 2 aromatic carbocycles. The predicted octanol–water partition coefficient (Wildman–Crippen LogP) is 3.95. The van der Waals surface area contributed by atoms with E-state index in [0.717, 1.165) is 11.4 Å². The smallest absolute Gasteiger partial charge is 0.254 e. The Kier molecular flexibility index (Phi) is 6.63. The van der Waals surface area contributed by atoms with E-state index in [1.54, 1.807) is 20.3 Å². The molecule has 3 aromatic rings. The summed E-state index contributed by atoms with van der Waals surface area (Å²) in [4.78, 5) is 25.8. The first-order valence-electron chi connectivity index (χ1n) is 10.8. The first kappa shape index (κ1) is 22.4. The number of anilines is 1. The zero-order valence-electron chi connectivity index (χ0n) is 19.3. The fourth-order valence-electron chi connectivity index (χ4n) is 3.92. The molecule has 4 rings (SSSR count). The number of benzene rings is 2. The molecule has 2 heterocycles. The van der Waals surface area contributed by atoms with E-state index in [-0.39, 0.29) is 11.9 Å². The largest absolute Gasteiger partial charge is 0.497 e. The molecule has 1 aliphatic heterocycles. The Morgan fingerprint density at radius 3 is 2.61 bits per heavy atom. The summed E-state index contributed by atoms with van der Waals surface area (Å²) in [6.07, 6.45) is 1.49. The van der Waals surface area contributed by atoms with E-state index in [0.29, 0.717) is 48.3 Å². The summed E-state index contributed by atoms with van der Waals surface area (Å²) in [5.74, 6) is 3.10. The summed E-state index contributed by atoms with van der Waals surface area (Å²) in [5, 5.41) is 0. The monoisotopic (exact) mass is 448 g/mol. The van der Waals surface area contributed by atoms with Crippen LogP contribution in [0.2, 0.25) is 0 Å². The Bertz CT molecular complexity index is 1140. The lowest BCUT2D eigenvalue weighted by atomic mass is 10.1. The summed E-state index contributed by atoms with van der Waals surface area (Å²) < 4.78 is 16.6. The zero-order valence-corrected chi connectivity index (χ0v) is 19.3. The number of methoxy groups -OCH3 is 2. The van der Waals surface area contributed by atoms with Crippen molar-refractivity contribution >= 4 is 11.7 Å². The Labute approximate surface area is 193 Å². The van der Waals surface area contributed by atoms with Crippen molar-refractivity contribution in [1.82, 2.24) is 14.9 Å². The number of amides is 1. The van der Waals surface area contributed by atoms with Crippen LogP contribution in [0, 0.1) is 6.92 Å². The van der Waals surface area contributed by atoms with Crippen LogP contribution in [0.1, 0.15) is 22.8 Å². The third kappa shape index (κ3) is 5.00. The van der Waals surface area contributed by atoms with Crippen LogP contribution in [0.15, 0.2) is 54.9 Å². The van der Waals surface area contributed by atoms with Gasteiger partial charge in [0.25, 0.3) is 5.91 Å². The third-order valence-electron chi connectivity index (χ3n) is 5.69. The second kappa shape index (κ2) is 9.77. The van der Waals surface area contributed by atoms with Crippen molar-refractivity contribution in [3.05, 3.63) is 66.0 Å². The van der Waals surface area contributed by atoms with Crippen LogP contribution in [0.3, 0.4) is 0 Å². The molecule has 1 aromatic heterocycles. The SMILES string of the molecule is COc1cccc(C(=O)N2CCN(c3cc(Oc4ccc(C)cc4OC)ncn3)CC2C)c1. The van der Waals surface area contributed by atoms with Crippen molar-refractivity contribution in [2.45, 2.75) is 19.9 Å². The fourth-order valence-corrected chi connectivity index (χ4v) is 3.92. The lowest BCUT2D eigenvalue weighted by molar-refractivity contribution is 0.0673. The molecule has 0 saturated carbocycles. The molecule has 1 unspecified atom stereocenters. The maximum Gasteiger partial charge on any atom is 0.254 e. The molecule has 1 atom stereocenters. The number of nitrogens with zero attached hydrogens (tertiary/aromatic N) is 4. The molecule has 0 spiro atoms. The summed E-state index contributed by atoms with van der Waals surface area (Å²) >= 11 is 0. The number of hydrogen-bond acceptors (Lipinski definition) is 7. The number of carbonyl (C=O) groups excluding carboxylic acids is 1. The Balaban J connectivity index is 1.46. The first-order valence-corrected chi connectivity index (χ1v) is 10.8. The van der Waals surface area contributed by atoms with E-state index in [1.165, 1.54) is 6.33 Å². The van der Waals surface area contributed by atoms with E-state index in [2.05, 4.69) is 14.9 Å². The number of aryl methyl sites for hydroxylation is 1. The molecule has 172 valence electrons. The van der Waals surface area contributed by atoms with Gasteiger partial charge in [-0.2, -0.15) is 0 Å². The third-order valence-corrected chi connectivity index (χ3v) is 5.69. The molecular formula is C25H28N4O4. The molecular weight excluding hydrogens is 420 g/mol. The van der Waals surface area contributed by atoms with Crippen molar-refractivity contribution in [2.75, 3.05) is 38.8 Å². The van der Waals surface area contributed by atoms with E-state index < -0.39 is 0 Å². The summed E-state index contributed by atoms with van der Waals surface area (Å²) in [6, 6.07) is 14.8. The Morgan fingerprint density at radius 2 is 1.85 bits per heavy atom. The highest BCUT2D eigenvalue weighted by atomic mass is 16.5. The quantitative estimate of drug-likeness (QED) is 0.565. The van der Waals surface area contributed by atoms with E-state index in [4.69, 9.17) is 14.2 Å². The lowest BCUT2D eigenvalue weighted by Gasteiger charge is -2.40. The van der Waals surface area contributed by atoms with Crippen molar-refractivity contribution in [2.24, 2.45) is 0 Å². The highest BCUT2D eigenvalue weighted by molar-refractivity contribution is 5.95. The molecule has 8 heteroatoms. The van der Waals surface area contributed by atoms with Gasteiger partial charge in [0.1, 0.15) is 17.9 Å². The molecule has 0 radical (unpaired) electrons. The van der Waals surface area contributed by atoms with Crippen molar-refractivity contribution in [3.63, 3.8) is 0 Å². The van der Waals surface area contributed by atoms with Crippen molar-refractivity contribution in [1.29, 1.82) is 0 Å². The van der Waals surface area contributed by atoms with Crippen molar-refractivity contribution < 1.29 is 19.0 Å². The minimum Gasteiger partial charge on any atom is -0.497 e. The van der Waals surface area contributed by atoms with Crippen molar-refractivity contribution in [3.8, 4) is 23.1 Å². The van der Waals surface area contributed by atoms with Gasteiger partial charge >= 0.3 is 0 Å². The zero-order chi connectivity index (χ0) is 23.4. The van der Waals surface area contributed by atoms with Gasteiger partial charge in [0.15, 0.2) is 11.5 Å². The molecule has 0 aliphatic carbocycles. The van der Waals surface area contributed by atoms with Gasteiger partial charge in [-0.15, -0.1) is 0 Å². The number of piperazine rings is 1. The Morgan fingerprint density at radius 1 is 1.00 bits per heavy atom. The summed E-state index contributed by atoms with van der Waals surface area (Å²) in [5.41, 5.74) is 1.71. The first-order chi connectivity index (χ1) is 16.0. The maximum atomic E-state index is 13.1. The number of rotatable bonds is 6. The standard InChI is InChI=1S/C25H28N4O4/c1-17-8-9-21(22(12-17)32-4)33-24-14-23(26-16-27-24)28-10-11-29(18(2)15-28)25(30)19-6-5-7-20(13-19)31-3/h5-9,12-14,16,18H,10-11,15H2,1-4H3. The van der Waals surface area contributed by atoms with Gasteiger partial charge in [-0.05, 0) is 49.7 Å². The van der Waals surface area contributed by atoms with Gasteiger partial charge in [0.05, 0.1) is 14.2 Å². The van der Waals surface area contributed by atoms with Gasteiger partial charge in [-0.3, -0.25) is 4.79 Å². The minimum atomic E-state index is -0.000717. The molecule has 1 aliphatic rings. The van der Waals surface area contributed by atoms with Crippen LogP contribution in [0.25, 0.3) is 0 Å². The summed E-state index contributed by atoms with van der Waals surface area (Å²) in [6.45, 7) is 5.93. The van der Waals surface area contributed by atoms with Gasteiger partial charge in [0.2, 0.25) is 5.88 Å². The molecule has 0 bridgehead atoms. The molecule has 0 N–H and O–H groups in total. The van der Waals surface area contributed by atoms with Crippen LogP contribution in [-0.2, 0) is 0 Å². The van der Waals surface area contributed by atoms with Crippen LogP contribution in [0.5, 0.6) is 23.1 Å². The molecule has 1 amide bonds. The highest BCUT2D eigenvalue weighted by Crippen LogP contribution is 2.32. The van der Waals surface area contributed by atoms with E-state index in [9.17, 15) is 4.79 Å². The molecule has 1 saturated heterocycles. The van der Waals surface area contributed by atoms with Gasteiger partial charge < -0.3 is 24.0 Å². The van der Waals surface area contributed by atoms with E-state index >= 15 is 0 Å². The van der Waals surface area contributed by atoms with Crippen LogP contribution in [-0.4, -0.2) is 60.7 Å². The average molecular weight is 449 g/mol. The second-order valence-corrected chi connectivity index (χ2v) is 8.00. The van der Waals surface area contributed by atoms with Crippen LogP contribution in [0.4, 0.5) is 5.82 Å². The maximum absolute atomic E-state index is 13.1. The van der Waals surface area contributed by atoms with Gasteiger partial charge in [-0.25, -0.2) is 9.97 Å². The minimum absolute atomic E-state index is 0.000717. The normalized spacial score (nSPS) is 15.8. The van der Waals surface area contributed by atoms with E-state index in [1.807, 2.05) is 61.2 Å². The number of hydrogen-bond donors (Lipinski definition) is 0. The lowest BCUT2D eigenvalue weighted by Crippen LogP contribution is -2.54. The summed E-state index contributed by atoms with van der Waals surface area (Å²) in [7, 11) is 3.21. The van der Waals surface area contributed by atoms with Crippen LogP contribution >= 0.6 is 0 Å². The fraction of sp³-hybridized carbons (Fsp3) is 0.320. The number of carbonyl (C=O) groups is 1. The van der Waals surface area contributed by atoms with Gasteiger partial charge in [-0.1, -0.05) is 12.1 Å². The topological polar surface area (TPSA) is 77.0 Å². The average Bonchev–Trinajstić information content (AvgIpc) is 2.85. The number of ether oxygens (including phenoxy) is 3. The number of aromatic nitrogens is 2. The molecule has 1 fully saturated rings. The van der Waals surface area contributed by atoms with Crippen LogP contribution < -0.4 is 19.1 Å². The highest BCUT2D eigenvalue weighted by Gasteiger charge is 2.29. The molecule has 8 nitrogen and oxygen atoms in total. The second-order valence-electron chi connectivity index (χ2n) is 8.00. The molecule has 33 heavy (non-hydrogen) atoms. The Hall–Kier alpha value is -3.81. The predicted molar refractivity (Wildman–Crippen MR) is 126 cm³/mol. The van der Waals surface area contributed by atoms with Gasteiger partial charge in [0, 0.05) is 37.3 Å².